The van der Waals surface area contributed by atoms with E-state index < -0.39 is 11.6 Å². The molecule has 0 amide bonds. The fourth-order valence-corrected chi connectivity index (χ4v) is 2.73. The van der Waals surface area contributed by atoms with E-state index in [1.54, 1.807) is 20.0 Å². The third-order valence-corrected chi connectivity index (χ3v) is 4.18. The second kappa shape index (κ2) is 6.62. The smallest absolute Gasteiger partial charge is 0.130 e. The summed E-state index contributed by atoms with van der Waals surface area (Å²) >= 11 is 3.30. The first kappa shape index (κ1) is 16.0. The molecule has 0 fully saturated rings. The minimum atomic E-state index is -0.587. The third-order valence-electron chi connectivity index (χ3n) is 3.44. The zero-order valence-corrected chi connectivity index (χ0v) is 13.3. The van der Waals surface area contributed by atoms with Gasteiger partial charge in [0, 0.05) is 22.1 Å². The Hall–Kier alpha value is -1.33. The lowest BCUT2D eigenvalue weighted by Crippen LogP contribution is -2.20. The van der Waals surface area contributed by atoms with Crippen LogP contribution in [0.2, 0.25) is 0 Å². The van der Waals surface area contributed by atoms with E-state index in [-0.39, 0.29) is 11.9 Å². The van der Waals surface area contributed by atoms with Crippen LogP contribution in [-0.2, 0) is 6.42 Å². The number of benzene rings is 2. The van der Waals surface area contributed by atoms with Gasteiger partial charge in [-0.2, -0.15) is 0 Å². The number of halogens is 4. The van der Waals surface area contributed by atoms with E-state index in [1.807, 2.05) is 0 Å². The van der Waals surface area contributed by atoms with Crippen LogP contribution in [0, 0.1) is 24.4 Å². The molecule has 1 atom stereocenters. The normalized spacial score (nSPS) is 12.5. The number of hydrogen-bond donors (Lipinski definition) is 1. The number of hydrogen-bond acceptors (Lipinski definition) is 1. The molecular formula is C16H15BrF3N. The van der Waals surface area contributed by atoms with E-state index in [2.05, 4.69) is 21.2 Å². The third kappa shape index (κ3) is 3.66. The highest BCUT2D eigenvalue weighted by atomic mass is 79.9. The number of rotatable bonds is 4. The molecule has 0 aliphatic rings. The van der Waals surface area contributed by atoms with Gasteiger partial charge in [-0.3, -0.25) is 0 Å². The molecule has 5 heteroatoms. The SMILES string of the molecule is CNC(Cc1ccc(F)cc1Br)c1cc(C)c(F)cc1F. The van der Waals surface area contributed by atoms with Crippen LogP contribution >= 0.6 is 15.9 Å². The highest BCUT2D eigenvalue weighted by Gasteiger charge is 2.18. The number of likely N-dealkylation sites (N-methyl/N-ethyl adjacent to an activating group) is 1. The molecule has 0 saturated heterocycles. The van der Waals surface area contributed by atoms with Crippen LogP contribution < -0.4 is 5.32 Å². The predicted molar refractivity (Wildman–Crippen MR) is 80.7 cm³/mol. The van der Waals surface area contributed by atoms with E-state index in [9.17, 15) is 13.2 Å². The summed E-state index contributed by atoms with van der Waals surface area (Å²) in [7, 11) is 1.71. The predicted octanol–water partition coefficient (Wildman–Crippen LogP) is 4.68. The van der Waals surface area contributed by atoms with Gasteiger partial charge < -0.3 is 5.32 Å². The van der Waals surface area contributed by atoms with Gasteiger partial charge in [0.2, 0.25) is 0 Å². The summed E-state index contributed by atoms with van der Waals surface area (Å²) in [6, 6.07) is 6.45. The van der Waals surface area contributed by atoms with Crippen LogP contribution in [0.25, 0.3) is 0 Å². The number of nitrogens with one attached hydrogen (secondary N) is 1. The van der Waals surface area contributed by atoms with Crippen molar-refractivity contribution in [2.45, 2.75) is 19.4 Å². The molecule has 2 aromatic carbocycles. The van der Waals surface area contributed by atoms with Gasteiger partial charge >= 0.3 is 0 Å². The van der Waals surface area contributed by atoms with Gasteiger partial charge in [-0.1, -0.05) is 22.0 Å². The highest BCUT2D eigenvalue weighted by Crippen LogP contribution is 2.27. The largest absolute Gasteiger partial charge is 0.313 e. The summed E-state index contributed by atoms with van der Waals surface area (Å²) in [5, 5.41) is 3.02. The lowest BCUT2D eigenvalue weighted by molar-refractivity contribution is 0.518. The summed E-state index contributed by atoms with van der Waals surface area (Å²) in [5.74, 6) is -1.49. The van der Waals surface area contributed by atoms with Crippen LogP contribution in [0.1, 0.15) is 22.7 Å². The molecule has 0 saturated carbocycles. The van der Waals surface area contributed by atoms with E-state index >= 15 is 0 Å². The zero-order valence-electron chi connectivity index (χ0n) is 11.7. The Balaban J connectivity index is 2.34. The molecule has 0 aliphatic heterocycles. The van der Waals surface area contributed by atoms with Crippen molar-refractivity contribution < 1.29 is 13.2 Å². The molecule has 0 aliphatic carbocycles. The molecule has 21 heavy (non-hydrogen) atoms. The molecular weight excluding hydrogens is 343 g/mol. The van der Waals surface area contributed by atoms with Crippen molar-refractivity contribution in [3.05, 3.63) is 68.9 Å². The summed E-state index contributed by atoms with van der Waals surface area (Å²) in [5.41, 5.74) is 1.63. The second-order valence-electron chi connectivity index (χ2n) is 4.90. The second-order valence-corrected chi connectivity index (χ2v) is 5.76. The summed E-state index contributed by atoms with van der Waals surface area (Å²) < 4.78 is 41.1. The van der Waals surface area contributed by atoms with Gasteiger partial charge in [-0.25, -0.2) is 13.2 Å². The highest BCUT2D eigenvalue weighted by molar-refractivity contribution is 9.10. The minimum absolute atomic E-state index is 0.328. The lowest BCUT2D eigenvalue weighted by Gasteiger charge is -2.19. The Bertz CT molecular complexity index is 658. The van der Waals surface area contributed by atoms with Crippen molar-refractivity contribution >= 4 is 15.9 Å². The molecule has 2 aromatic rings. The molecule has 0 heterocycles. The topological polar surface area (TPSA) is 12.0 Å². The Morgan fingerprint density at radius 2 is 1.81 bits per heavy atom. The van der Waals surface area contributed by atoms with Gasteiger partial charge in [-0.15, -0.1) is 0 Å². The van der Waals surface area contributed by atoms with Gasteiger partial charge in [0.1, 0.15) is 17.5 Å². The average molecular weight is 358 g/mol. The molecule has 0 spiro atoms. The standard InChI is InChI=1S/C16H15BrF3N/c1-9-5-12(15(20)8-14(9)19)16(21-2)6-10-3-4-11(18)7-13(10)17/h3-5,7-8,16,21H,6H2,1-2H3. The molecule has 1 N–H and O–H groups in total. The average Bonchev–Trinajstić information content (AvgIpc) is 2.43. The maximum Gasteiger partial charge on any atom is 0.130 e. The fourth-order valence-electron chi connectivity index (χ4n) is 2.22. The van der Waals surface area contributed by atoms with Crippen molar-refractivity contribution in [2.75, 3.05) is 7.05 Å². The molecule has 2 rings (SSSR count). The van der Waals surface area contributed by atoms with Crippen LogP contribution in [0.3, 0.4) is 0 Å². The maximum atomic E-state index is 14.0. The van der Waals surface area contributed by atoms with Gasteiger partial charge in [-0.05, 0) is 49.7 Å². The van der Waals surface area contributed by atoms with Crippen molar-refractivity contribution in [1.82, 2.24) is 5.32 Å². The quantitative estimate of drug-likeness (QED) is 0.837. The van der Waals surface area contributed by atoms with Gasteiger partial charge in [0.05, 0.1) is 0 Å². The lowest BCUT2D eigenvalue weighted by atomic mass is 9.97. The summed E-state index contributed by atoms with van der Waals surface area (Å²) in [6.07, 6.45) is 0.458. The Kier molecular flexibility index (Phi) is 5.06. The van der Waals surface area contributed by atoms with Crippen LogP contribution in [-0.4, -0.2) is 7.05 Å². The first-order valence-electron chi connectivity index (χ1n) is 6.49. The molecule has 0 radical (unpaired) electrons. The van der Waals surface area contributed by atoms with Crippen LogP contribution in [0.15, 0.2) is 34.8 Å². The van der Waals surface area contributed by atoms with Crippen molar-refractivity contribution in [1.29, 1.82) is 0 Å². The zero-order chi connectivity index (χ0) is 15.6. The van der Waals surface area contributed by atoms with E-state index in [4.69, 9.17) is 0 Å². The van der Waals surface area contributed by atoms with Crippen molar-refractivity contribution in [3.8, 4) is 0 Å². The monoisotopic (exact) mass is 357 g/mol. The molecule has 1 nitrogen and oxygen atoms in total. The minimum Gasteiger partial charge on any atom is -0.313 e. The maximum absolute atomic E-state index is 14.0. The Morgan fingerprint density at radius 1 is 1.10 bits per heavy atom. The summed E-state index contributed by atoms with van der Waals surface area (Å²) in [6.45, 7) is 1.60. The van der Waals surface area contributed by atoms with E-state index in [0.717, 1.165) is 11.6 Å². The summed E-state index contributed by atoms with van der Waals surface area (Å²) in [4.78, 5) is 0. The molecule has 0 bridgehead atoms. The van der Waals surface area contributed by atoms with Gasteiger partial charge in [0.15, 0.2) is 0 Å². The Labute approximate surface area is 130 Å². The molecule has 1 unspecified atom stereocenters. The van der Waals surface area contributed by atoms with E-state index in [0.29, 0.717) is 22.0 Å². The van der Waals surface area contributed by atoms with Crippen LogP contribution in [0.4, 0.5) is 13.2 Å². The first-order chi connectivity index (χ1) is 9.92. The Morgan fingerprint density at radius 3 is 2.43 bits per heavy atom. The van der Waals surface area contributed by atoms with Crippen molar-refractivity contribution in [2.24, 2.45) is 0 Å². The van der Waals surface area contributed by atoms with Crippen LogP contribution in [0.5, 0.6) is 0 Å². The van der Waals surface area contributed by atoms with Crippen molar-refractivity contribution in [3.63, 3.8) is 0 Å². The molecule has 112 valence electrons. The fraction of sp³-hybridized carbons (Fsp3) is 0.250. The van der Waals surface area contributed by atoms with Gasteiger partial charge in [0.25, 0.3) is 0 Å². The van der Waals surface area contributed by atoms with E-state index in [1.165, 1.54) is 18.2 Å². The number of aryl methyl sites for hydroxylation is 1. The first-order valence-corrected chi connectivity index (χ1v) is 7.28. The molecule has 0 aromatic heterocycles.